The number of benzene rings is 1. The summed E-state index contributed by atoms with van der Waals surface area (Å²) in [6.07, 6.45) is 0. The fraction of sp³-hybridized carbons (Fsp3) is 0.625. The van der Waals surface area contributed by atoms with E-state index in [0.29, 0.717) is 32.1 Å². The average Bonchev–Trinajstić information content (AvgIpc) is 2.49. The van der Waals surface area contributed by atoms with E-state index in [1.165, 1.54) is 0 Å². The lowest BCUT2D eigenvalue weighted by Gasteiger charge is -2.29. The molecule has 1 atom stereocenters. The maximum atomic E-state index is 12.5. The Bertz CT molecular complexity index is 613. The van der Waals surface area contributed by atoms with Crippen molar-refractivity contribution in [1.29, 1.82) is 0 Å². The molecule has 1 saturated heterocycles. The van der Waals surface area contributed by atoms with Gasteiger partial charge in [0.05, 0.1) is 24.7 Å². The molecule has 1 heterocycles. The molecule has 1 unspecified atom stereocenters. The second kappa shape index (κ2) is 8.10. The van der Waals surface area contributed by atoms with Crippen LogP contribution in [0.5, 0.6) is 5.75 Å². The van der Waals surface area contributed by atoms with Gasteiger partial charge in [0, 0.05) is 25.7 Å². The van der Waals surface area contributed by atoms with Crippen LogP contribution < -0.4 is 9.46 Å². The second-order valence-corrected chi connectivity index (χ2v) is 7.51. The van der Waals surface area contributed by atoms with Crippen molar-refractivity contribution in [3.63, 3.8) is 0 Å². The molecule has 1 aliphatic rings. The van der Waals surface area contributed by atoms with E-state index in [1.54, 1.807) is 18.2 Å². The number of nitrogens with zero attached hydrogens (tertiary/aromatic N) is 1. The highest BCUT2D eigenvalue weighted by Gasteiger charge is 2.21. The first-order valence-electron chi connectivity index (χ1n) is 7.98. The zero-order chi connectivity index (χ0) is 16.9. The van der Waals surface area contributed by atoms with Gasteiger partial charge < -0.3 is 9.47 Å². The fourth-order valence-electron chi connectivity index (χ4n) is 2.65. The maximum absolute atomic E-state index is 12.5. The molecule has 0 saturated carbocycles. The van der Waals surface area contributed by atoms with E-state index in [4.69, 9.17) is 9.47 Å². The van der Waals surface area contributed by atoms with E-state index in [-0.39, 0.29) is 10.9 Å². The molecule has 0 aliphatic carbocycles. The summed E-state index contributed by atoms with van der Waals surface area (Å²) in [5.41, 5.74) is 0.815. The third-order valence-corrected chi connectivity index (χ3v) is 5.34. The van der Waals surface area contributed by atoms with Gasteiger partial charge in [0.25, 0.3) is 0 Å². The standard InChI is InChI=1S/C16H26N2O4S/c1-4-22-16-6-5-15(11-13(16)2)23(19,20)17-14(3)12-18-7-9-21-10-8-18/h5-6,11,14,17H,4,7-10,12H2,1-3H3. The molecule has 0 amide bonds. The van der Waals surface area contributed by atoms with Crippen molar-refractivity contribution in [2.75, 3.05) is 39.5 Å². The lowest BCUT2D eigenvalue weighted by molar-refractivity contribution is 0.0354. The van der Waals surface area contributed by atoms with Crippen LogP contribution in [0.15, 0.2) is 23.1 Å². The highest BCUT2D eigenvalue weighted by Crippen LogP contribution is 2.22. The SMILES string of the molecule is CCOc1ccc(S(=O)(=O)NC(C)CN2CCOCC2)cc1C. The summed E-state index contributed by atoms with van der Waals surface area (Å²) < 4.78 is 38.5. The Kier molecular flexibility index (Phi) is 6.41. The van der Waals surface area contributed by atoms with Crippen LogP contribution in [0, 0.1) is 6.92 Å². The summed E-state index contributed by atoms with van der Waals surface area (Å²) >= 11 is 0. The predicted octanol–water partition coefficient (Wildman–Crippen LogP) is 1.39. The number of ether oxygens (including phenoxy) is 2. The topological polar surface area (TPSA) is 67.9 Å². The molecule has 1 aromatic rings. The van der Waals surface area contributed by atoms with Crippen molar-refractivity contribution >= 4 is 10.0 Å². The van der Waals surface area contributed by atoms with Crippen molar-refractivity contribution in [3.05, 3.63) is 23.8 Å². The molecule has 0 bridgehead atoms. The molecule has 0 radical (unpaired) electrons. The summed E-state index contributed by atoms with van der Waals surface area (Å²) in [5.74, 6) is 0.716. The summed E-state index contributed by atoms with van der Waals surface area (Å²) in [4.78, 5) is 2.48. The first kappa shape index (κ1) is 18.2. The van der Waals surface area contributed by atoms with E-state index >= 15 is 0 Å². The molecule has 7 heteroatoms. The third-order valence-electron chi connectivity index (χ3n) is 3.75. The molecule has 130 valence electrons. The monoisotopic (exact) mass is 342 g/mol. The van der Waals surface area contributed by atoms with E-state index in [1.807, 2.05) is 20.8 Å². The molecule has 1 fully saturated rings. The quantitative estimate of drug-likeness (QED) is 0.811. The minimum Gasteiger partial charge on any atom is -0.494 e. The number of hydrogen-bond donors (Lipinski definition) is 1. The van der Waals surface area contributed by atoms with Gasteiger partial charge in [0.1, 0.15) is 5.75 Å². The van der Waals surface area contributed by atoms with Gasteiger partial charge in [0.15, 0.2) is 0 Å². The molecule has 0 aromatic heterocycles. The number of hydrogen-bond acceptors (Lipinski definition) is 5. The van der Waals surface area contributed by atoms with Gasteiger partial charge in [-0.05, 0) is 44.5 Å². The Morgan fingerprint density at radius 2 is 2.04 bits per heavy atom. The van der Waals surface area contributed by atoms with Crippen LogP contribution in [0.1, 0.15) is 19.4 Å². The van der Waals surface area contributed by atoms with Crippen LogP contribution >= 0.6 is 0 Å². The number of sulfonamides is 1. The molecular weight excluding hydrogens is 316 g/mol. The van der Waals surface area contributed by atoms with Crippen LogP contribution in [0.25, 0.3) is 0 Å². The van der Waals surface area contributed by atoms with Crippen molar-refractivity contribution in [1.82, 2.24) is 9.62 Å². The molecule has 6 nitrogen and oxygen atoms in total. The maximum Gasteiger partial charge on any atom is 0.240 e. The predicted molar refractivity (Wildman–Crippen MR) is 89.4 cm³/mol. The third kappa shape index (κ3) is 5.17. The van der Waals surface area contributed by atoms with Gasteiger partial charge in [-0.25, -0.2) is 13.1 Å². The first-order valence-corrected chi connectivity index (χ1v) is 9.46. The molecule has 1 N–H and O–H groups in total. The van der Waals surface area contributed by atoms with E-state index in [9.17, 15) is 8.42 Å². The normalized spacial score (nSPS) is 17.9. The average molecular weight is 342 g/mol. The molecule has 1 aliphatic heterocycles. The highest BCUT2D eigenvalue weighted by atomic mass is 32.2. The smallest absolute Gasteiger partial charge is 0.240 e. The summed E-state index contributed by atoms with van der Waals surface area (Å²) in [7, 11) is -3.53. The number of morpholine rings is 1. The minimum atomic E-state index is -3.53. The van der Waals surface area contributed by atoms with Crippen molar-refractivity contribution in [2.45, 2.75) is 31.7 Å². The Hall–Kier alpha value is -1.15. The molecule has 0 spiro atoms. The van der Waals surface area contributed by atoms with Crippen LogP contribution in [0.3, 0.4) is 0 Å². The van der Waals surface area contributed by atoms with E-state index in [2.05, 4.69) is 9.62 Å². The lowest BCUT2D eigenvalue weighted by Crippen LogP contribution is -2.45. The van der Waals surface area contributed by atoms with Crippen LogP contribution in [0.4, 0.5) is 0 Å². The van der Waals surface area contributed by atoms with Crippen molar-refractivity contribution < 1.29 is 17.9 Å². The van der Waals surface area contributed by atoms with E-state index < -0.39 is 10.0 Å². The van der Waals surface area contributed by atoms with Gasteiger partial charge in [-0.2, -0.15) is 0 Å². The summed E-state index contributed by atoms with van der Waals surface area (Å²) in [6, 6.07) is 4.78. The molecular formula is C16H26N2O4S. The van der Waals surface area contributed by atoms with Gasteiger partial charge in [-0.1, -0.05) is 0 Å². The zero-order valence-corrected chi connectivity index (χ0v) is 14.9. The first-order chi connectivity index (χ1) is 10.9. The van der Waals surface area contributed by atoms with Crippen LogP contribution in [0.2, 0.25) is 0 Å². The van der Waals surface area contributed by atoms with Crippen LogP contribution in [-0.4, -0.2) is 58.8 Å². The summed E-state index contributed by atoms with van der Waals surface area (Å²) in [6.45, 7) is 9.96. The molecule has 23 heavy (non-hydrogen) atoms. The zero-order valence-electron chi connectivity index (χ0n) is 14.0. The number of rotatable bonds is 7. The van der Waals surface area contributed by atoms with Gasteiger partial charge >= 0.3 is 0 Å². The van der Waals surface area contributed by atoms with Crippen molar-refractivity contribution in [3.8, 4) is 5.75 Å². The number of nitrogens with one attached hydrogen (secondary N) is 1. The van der Waals surface area contributed by atoms with Gasteiger partial charge in [-0.3, -0.25) is 4.90 Å². The number of aryl methyl sites for hydroxylation is 1. The second-order valence-electron chi connectivity index (χ2n) is 5.80. The van der Waals surface area contributed by atoms with Crippen molar-refractivity contribution in [2.24, 2.45) is 0 Å². The van der Waals surface area contributed by atoms with Crippen LogP contribution in [-0.2, 0) is 14.8 Å². The molecule has 2 rings (SSSR count). The summed E-state index contributed by atoms with van der Waals surface area (Å²) in [5, 5.41) is 0. The molecule has 1 aromatic carbocycles. The Balaban J connectivity index is 2.01. The minimum absolute atomic E-state index is 0.162. The Morgan fingerprint density at radius 1 is 1.35 bits per heavy atom. The van der Waals surface area contributed by atoms with Gasteiger partial charge in [0.2, 0.25) is 10.0 Å². The fourth-order valence-corrected chi connectivity index (χ4v) is 3.97. The highest BCUT2D eigenvalue weighted by molar-refractivity contribution is 7.89. The van der Waals surface area contributed by atoms with E-state index in [0.717, 1.165) is 18.7 Å². The largest absolute Gasteiger partial charge is 0.494 e. The lowest BCUT2D eigenvalue weighted by atomic mass is 10.2. The van der Waals surface area contributed by atoms with Gasteiger partial charge in [-0.15, -0.1) is 0 Å². The Morgan fingerprint density at radius 3 is 2.65 bits per heavy atom. The Labute approximate surface area is 138 Å².